The summed E-state index contributed by atoms with van der Waals surface area (Å²) in [5, 5.41) is 12.8. The predicted octanol–water partition coefficient (Wildman–Crippen LogP) is 2.53. The molecule has 0 bridgehead atoms. The number of carbonyl (C=O) groups is 1. The van der Waals surface area contributed by atoms with Crippen LogP contribution < -0.4 is 5.32 Å². The number of aliphatic hydroxyl groups excluding tert-OH is 1. The molecule has 1 aromatic carbocycles. The molecule has 3 aliphatic rings. The number of benzene rings is 1. The molecule has 5 rings (SSSR count). The minimum Gasteiger partial charge on any atom is -0.392 e. The highest BCUT2D eigenvalue weighted by molar-refractivity contribution is 7.15. The summed E-state index contributed by atoms with van der Waals surface area (Å²) in [6.45, 7) is 2.69. The molecule has 2 aromatic rings. The Labute approximate surface area is 169 Å². The molecule has 0 saturated carbocycles. The third-order valence-electron chi connectivity index (χ3n) is 6.32. The fraction of sp³-hybridized carbons (Fsp3) is 0.500. The maximum atomic E-state index is 12.8. The molecule has 5 nitrogen and oxygen atoms in total. The first kappa shape index (κ1) is 18.3. The summed E-state index contributed by atoms with van der Waals surface area (Å²) in [6, 6.07) is 12.6. The summed E-state index contributed by atoms with van der Waals surface area (Å²) in [5.41, 5.74) is 2.43. The number of β-amino-alcohol motifs (C(OH)–C–C–N with tert-alkyl or cyclic N) is 1. The molecule has 4 heterocycles. The molecule has 0 unspecified atom stereocenters. The lowest BCUT2D eigenvalue weighted by molar-refractivity contribution is -0.142. The van der Waals surface area contributed by atoms with E-state index in [1.807, 2.05) is 22.3 Å². The lowest BCUT2D eigenvalue weighted by atomic mass is 9.85. The first-order valence-electron chi connectivity index (χ1n) is 10.2. The van der Waals surface area contributed by atoms with Gasteiger partial charge in [-0.1, -0.05) is 30.3 Å². The average molecular weight is 399 g/mol. The van der Waals surface area contributed by atoms with Crippen molar-refractivity contribution in [3.8, 4) is 10.4 Å². The van der Waals surface area contributed by atoms with E-state index in [1.165, 1.54) is 20.9 Å². The lowest BCUT2D eigenvalue weighted by Crippen LogP contribution is -2.51. The number of carbonyl (C=O) groups excluding carboxylic acids is 1. The van der Waals surface area contributed by atoms with Gasteiger partial charge < -0.3 is 20.1 Å². The Hall–Kier alpha value is -1.73. The van der Waals surface area contributed by atoms with E-state index < -0.39 is 6.10 Å². The molecule has 6 heteroatoms. The molecule has 2 N–H and O–H groups in total. The van der Waals surface area contributed by atoms with Gasteiger partial charge in [0.1, 0.15) is 5.60 Å². The summed E-state index contributed by atoms with van der Waals surface area (Å²) in [6.07, 6.45) is 2.77. The standard InChI is InChI=1S/C22H26N2O3S/c25-17-13-18(23-14-17)21(26)24-9-7-22(8-10-24)20-16(6-11-27-22)12-19(28-20)15-4-2-1-3-5-15/h1-5,12,17-18,23,25H,6-11,13-14H2/t17-,18+/m1/s1. The molecule has 0 aliphatic carbocycles. The zero-order valence-electron chi connectivity index (χ0n) is 15.9. The molecule has 1 spiro atoms. The zero-order chi connectivity index (χ0) is 19.1. The number of ether oxygens (including phenoxy) is 1. The average Bonchev–Trinajstić information content (AvgIpc) is 3.36. The number of hydrogen-bond acceptors (Lipinski definition) is 5. The van der Waals surface area contributed by atoms with Crippen LogP contribution in [0.1, 0.15) is 29.7 Å². The van der Waals surface area contributed by atoms with Gasteiger partial charge >= 0.3 is 0 Å². The van der Waals surface area contributed by atoms with Crippen molar-refractivity contribution >= 4 is 17.2 Å². The van der Waals surface area contributed by atoms with Crippen LogP contribution in [0.5, 0.6) is 0 Å². The third-order valence-corrected chi connectivity index (χ3v) is 7.73. The van der Waals surface area contributed by atoms with Crippen LogP contribution in [0.3, 0.4) is 0 Å². The Morgan fingerprint density at radius 3 is 2.75 bits per heavy atom. The van der Waals surface area contributed by atoms with Crippen molar-refractivity contribution in [1.82, 2.24) is 10.2 Å². The molecule has 3 aliphatic heterocycles. The topological polar surface area (TPSA) is 61.8 Å². The van der Waals surface area contributed by atoms with Crippen molar-refractivity contribution in [3.63, 3.8) is 0 Å². The Balaban J connectivity index is 1.34. The Morgan fingerprint density at radius 1 is 1.25 bits per heavy atom. The maximum absolute atomic E-state index is 12.8. The smallest absolute Gasteiger partial charge is 0.239 e. The van der Waals surface area contributed by atoms with Gasteiger partial charge in [0.15, 0.2) is 0 Å². The summed E-state index contributed by atoms with van der Waals surface area (Å²) >= 11 is 1.86. The van der Waals surface area contributed by atoms with E-state index in [0.717, 1.165) is 25.9 Å². The second-order valence-corrected chi connectivity index (χ2v) is 9.15. The Kier molecular flexibility index (Phi) is 4.75. The fourth-order valence-corrected chi connectivity index (χ4v) is 6.17. The van der Waals surface area contributed by atoms with Crippen LogP contribution in [0.15, 0.2) is 36.4 Å². The molecule has 148 valence electrons. The van der Waals surface area contributed by atoms with E-state index in [2.05, 4.69) is 35.6 Å². The van der Waals surface area contributed by atoms with Gasteiger partial charge in [-0.05, 0) is 42.9 Å². The van der Waals surface area contributed by atoms with Crippen LogP contribution in [0.2, 0.25) is 0 Å². The Bertz CT molecular complexity index is 858. The fourth-order valence-electron chi connectivity index (χ4n) is 4.75. The molecular weight excluding hydrogens is 372 g/mol. The highest BCUT2D eigenvalue weighted by Crippen LogP contribution is 2.47. The summed E-state index contributed by atoms with van der Waals surface area (Å²) in [5.74, 6) is 0.124. The minimum absolute atomic E-state index is 0.124. The van der Waals surface area contributed by atoms with E-state index in [9.17, 15) is 9.90 Å². The number of nitrogens with zero attached hydrogens (tertiary/aromatic N) is 1. The molecule has 2 atom stereocenters. The van der Waals surface area contributed by atoms with Gasteiger partial charge in [0, 0.05) is 29.4 Å². The second kappa shape index (κ2) is 7.26. The van der Waals surface area contributed by atoms with Crippen LogP contribution in [-0.4, -0.2) is 54.3 Å². The van der Waals surface area contributed by atoms with Gasteiger partial charge in [0.05, 0.1) is 18.8 Å². The van der Waals surface area contributed by atoms with Gasteiger partial charge in [-0.2, -0.15) is 0 Å². The van der Waals surface area contributed by atoms with Crippen LogP contribution in [0, 0.1) is 0 Å². The molecule has 0 radical (unpaired) electrons. The van der Waals surface area contributed by atoms with E-state index in [4.69, 9.17) is 4.74 Å². The number of rotatable bonds is 2. The van der Waals surface area contributed by atoms with E-state index in [0.29, 0.717) is 26.1 Å². The number of amides is 1. The van der Waals surface area contributed by atoms with Crippen molar-refractivity contribution in [1.29, 1.82) is 0 Å². The van der Waals surface area contributed by atoms with Gasteiger partial charge in [0.25, 0.3) is 0 Å². The highest BCUT2D eigenvalue weighted by atomic mass is 32.1. The molecule has 28 heavy (non-hydrogen) atoms. The summed E-state index contributed by atoms with van der Waals surface area (Å²) < 4.78 is 6.37. The molecule has 1 amide bonds. The number of hydrogen-bond donors (Lipinski definition) is 2. The van der Waals surface area contributed by atoms with E-state index in [-0.39, 0.29) is 17.6 Å². The van der Waals surface area contributed by atoms with Gasteiger partial charge in [-0.25, -0.2) is 0 Å². The van der Waals surface area contributed by atoms with Crippen LogP contribution in [0.25, 0.3) is 10.4 Å². The van der Waals surface area contributed by atoms with Crippen molar-refractivity contribution in [2.45, 2.75) is 43.4 Å². The number of aliphatic hydroxyl groups is 1. The second-order valence-electron chi connectivity index (χ2n) is 8.10. The van der Waals surface area contributed by atoms with Crippen LogP contribution >= 0.6 is 11.3 Å². The number of thiophene rings is 1. The van der Waals surface area contributed by atoms with Crippen molar-refractivity contribution in [2.75, 3.05) is 26.2 Å². The number of nitrogens with one attached hydrogen (secondary N) is 1. The lowest BCUT2D eigenvalue weighted by Gasteiger charge is -2.44. The highest BCUT2D eigenvalue weighted by Gasteiger charge is 2.44. The molecular formula is C22H26N2O3S. The number of likely N-dealkylation sites (tertiary alicyclic amines) is 1. The Morgan fingerprint density at radius 2 is 2.04 bits per heavy atom. The zero-order valence-corrected chi connectivity index (χ0v) is 16.7. The van der Waals surface area contributed by atoms with E-state index in [1.54, 1.807) is 0 Å². The molecule has 1 aromatic heterocycles. The summed E-state index contributed by atoms with van der Waals surface area (Å²) in [4.78, 5) is 17.4. The van der Waals surface area contributed by atoms with Crippen LogP contribution in [-0.2, 0) is 21.6 Å². The normalized spacial score (nSPS) is 26.4. The number of piperidine rings is 1. The van der Waals surface area contributed by atoms with Gasteiger partial charge in [-0.15, -0.1) is 11.3 Å². The van der Waals surface area contributed by atoms with Gasteiger partial charge in [-0.3, -0.25) is 4.79 Å². The summed E-state index contributed by atoms with van der Waals surface area (Å²) in [7, 11) is 0. The van der Waals surface area contributed by atoms with E-state index >= 15 is 0 Å². The largest absolute Gasteiger partial charge is 0.392 e. The monoisotopic (exact) mass is 398 g/mol. The van der Waals surface area contributed by atoms with Crippen LogP contribution in [0.4, 0.5) is 0 Å². The first-order chi connectivity index (χ1) is 13.6. The molecule has 2 fully saturated rings. The van der Waals surface area contributed by atoms with Crippen molar-refractivity contribution < 1.29 is 14.6 Å². The third kappa shape index (κ3) is 3.18. The maximum Gasteiger partial charge on any atom is 0.239 e. The minimum atomic E-state index is -0.406. The molecule has 2 saturated heterocycles. The van der Waals surface area contributed by atoms with Crippen molar-refractivity contribution in [3.05, 3.63) is 46.8 Å². The first-order valence-corrected chi connectivity index (χ1v) is 11.0. The van der Waals surface area contributed by atoms with Gasteiger partial charge in [0.2, 0.25) is 5.91 Å². The quantitative estimate of drug-likeness (QED) is 0.816. The number of fused-ring (bicyclic) bond motifs is 2. The SMILES string of the molecule is O=C([C@@H]1C[C@@H](O)CN1)N1CCC2(CC1)OCCc1cc(-c3ccccc3)sc12. The van der Waals surface area contributed by atoms with Crippen molar-refractivity contribution in [2.24, 2.45) is 0 Å². The predicted molar refractivity (Wildman–Crippen MR) is 109 cm³/mol.